The zero-order valence-corrected chi connectivity index (χ0v) is 20.9. The van der Waals surface area contributed by atoms with Crippen LogP contribution in [0.4, 0.5) is 24.7 Å². The molecular formula is C25H27ClF3N5O2. The number of halogens is 4. The minimum absolute atomic E-state index is 0.131. The molecular weight excluding hydrogens is 495 g/mol. The minimum Gasteiger partial charge on any atom is -0.374 e. The van der Waals surface area contributed by atoms with Crippen LogP contribution in [0.25, 0.3) is 11.4 Å². The Morgan fingerprint density at radius 2 is 1.97 bits per heavy atom. The standard InChI is InChI=1S/C25H27ClF3N5O2/c1-4-18-22(31-19-13-34(14-20(19)36-5-2)21-8-6-7-11-30-21)24(35)33(3)23(32-18)16-10-9-15(12-17(16)26)25(27,28)29/h6-12,19-20,31H,4-5,13-14H2,1-3H3/t19-,20+/m1/s1. The summed E-state index contributed by atoms with van der Waals surface area (Å²) in [4.78, 5) is 24.6. The van der Waals surface area contributed by atoms with Gasteiger partial charge in [0.15, 0.2) is 0 Å². The molecule has 0 saturated carbocycles. The van der Waals surface area contributed by atoms with Gasteiger partial charge in [-0.05, 0) is 43.7 Å². The molecule has 0 aliphatic carbocycles. The predicted octanol–water partition coefficient (Wildman–Crippen LogP) is 4.78. The van der Waals surface area contributed by atoms with E-state index < -0.39 is 11.7 Å². The number of anilines is 2. The predicted molar refractivity (Wildman–Crippen MR) is 134 cm³/mol. The van der Waals surface area contributed by atoms with E-state index in [1.165, 1.54) is 17.7 Å². The molecule has 3 aromatic rings. The molecule has 7 nitrogen and oxygen atoms in total. The van der Waals surface area contributed by atoms with Crippen LogP contribution in [0.15, 0.2) is 47.4 Å². The highest BCUT2D eigenvalue weighted by molar-refractivity contribution is 6.33. The van der Waals surface area contributed by atoms with E-state index in [0.717, 1.165) is 18.0 Å². The first-order valence-corrected chi connectivity index (χ1v) is 12.0. The van der Waals surface area contributed by atoms with Gasteiger partial charge in [0.25, 0.3) is 5.56 Å². The van der Waals surface area contributed by atoms with Crippen LogP contribution in [0, 0.1) is 0 Å². The van der Waals surface area contributed by atoms with Crippen LogP contribution in [-0.4, -0.2) is 46.4 Å². The molecule has 2 atom stereocenters. The van der Waals surface area contributed by atoms with Gasteiger partial charge in [0.2, 0.25) is 0 Å². The molecule has 1 aliphatic rings. The Bertz CT molecular complexity index is 1280. The van der Waals surface area contributed by atoms with Crippen molar-refractivity contribution in [1.82, 2.24) is 14.5 Å². The second-order valence-electron chi connectivity index (χ2n) is 8.50. The summed E-state index contributed by atoms with van der Waals surface area (Å²) in [5.41, 5.74) is -0.130. The maximum Gasteiger partial charge on any atom is 0.416 e. The number of pyridine rings is 1. The first-order valence-electron chi connectivity index (χ1n) is 11.6. The van der Waals surface area contributed by atoms with E-state index in [2.05, 4.69) is 20.2 Å². The van der Waals surface area contributed by atoms with Gasteiger partial charge in [0.05, 0.1) is 28.4 Å². The smallest absolute Gasteiger partial charge is 0.374 e. The number of hydrogen-bond donors (Lipinski definition) is 1. The topological polar surface area (TPSA) is 72.3 Å². The second-order valence-corrected chi connectivity index (χ2v) is 8.91. The van der Waals surface area contributed by atoms with E-state index in [-0.39, 0.29) is 34.1 Å². The third-order valence-corrected chi connectivity index (χ3v) is 6.50. The van der Waals surface area contributed by atoms with Crippen molar-refractivity contribution >= 4 is 23.1 Å². The van der Waals surface area contributed by atoms with E-state index in [1.807, 2.05) is 32.0 Å². The molecule has 0 radical (unpaired) electrons. The maximum atomic E-state index is 13.5. The molecule has 192 valence electrons. The fraction of sp³-hybridized carbons (Fsp3) is 0.400. The van der Waals surface area contributed by atoms with Crippen molar-refractivity contribution in [2.75, 3.05) is 29.9 Å². The lowest BCUT2D eigenvalue weighted by Gasteiger charge is -2.22. The maximum absolute atomic E-state index is 13.5. The van der Waals surface area contributed by atoms with Gasteiger partial charge >= 0.3 is 6.18 Å². The van der Waals surface area contributed by atoms with E-state index in [4.69, 9.17) is 16.3 Å². The summed E-state index contributed by atoms with van der Waals surface area (Å²) in [6.07, 6.45) is -2.55. The van der Waals surface area contributed by atoms with E-state index in [9.17, 15) is 18.0 Å². The third kappa shape index (κ3) is 5.19. The summed E-state index contributed by atoms with van der Waals surface area (Å²) < 4.78 is 46.5. The van der Waals surface area contributed by atoms with Crippen molar-refractivity contribution in [1.29, 1.82) is 0 Å². The van der Waals surface area contributed by atoms with Crippen LogP contribution < -0.4 is 15.8 Å². The van der Waals surface area contributed by atoms with Gasteiger partial charge in [-0.3, -0.25) is 9.36 Å². The molecule has 4 rings (SSSR count). The van der Waals surface area contributed by atoms with E-state index in [1.54, 1.807) is 6.20 Å². The van der Waals surface area contributed by atoms with Gasteiger partial charge in [-0.1, -0.05) is 24.6 Å². The molecule has 0 spiro atoms. The van der Waals surface area contributed by atoms with Gasteiger partial charge in [0.1, 0.15) is 17.3 Å². The number of nitrogens with zero attached hydrogens (tertiary/aromatic N) is 4. The van der Waals surface area contributed by atoms with Crippen LogP contribution in [0.2, 0.25) is 5.02 Å². The third-order valence-electron chi connectivity index (χ3n) is 6.19. The van der Waals surface area contributed by atoms with Crippen molar-refractivity contribution in [3.63, 3.8) is 0 Å². The van der Waals surface area contributed by atoms with Crippen molar-refractivity contribution in [2.24, 2.45) is 7.05 Å². The molecule has 11 heteroatoms. The Hall–Kier alpha value is -3.11. The molecule has 2 aromatic heterocycles. The molecule has 0 bridgehead atoms. The summed E-state index contributed by atoms with van der Waals surface area (Å²) in [5, 5.41) is 3.22. The molecule has 0 unspecified atom stereocenters. The molecule has 1 saturated heterocycles. The first-order chi connectivity index (χ1) is 17.1. The largest absolute Gasteiger partial charge is 0.416 e. The van der Waals surface area contributed by atoms with Crippen molar-refractivity contribution < 1.29 is 17.9 Å². The molecule has 1 aromatic carbocycles. The molecule has 1 aliphatic heterocycles. The zero-order chi connectivity index (χ0) is 26.0. The summed E-state index contributed by atoms with van der Waals surface area (Å²) >= 11 is 6.20. The van der Waals surface area contributed by atoms with Crippen LogP contribution in [0.1, 0.15) is 25.1 Å². The number of nitrogens with one attached hydrogen (secondary N) is 1. The number of rotatable bonds is 7. The van der Waals surface area contributed by atoms with Gasteiger partial charge in [-0.25, -0.2) is 9.97 Å². The van der Waals surface area contributed by atoms with Crippen LogP contribution >= 0.6 is 11.6 Å². The van der Waals surface area contributed by atoms with E-state index >= 15 is 0 Å². The number of aryl methyl sites for hydroxylation is 1. The minimum atomic E-state index is -4.52. The summed E-state index contributed by atoms with van der Waals surface area (Å²) in [6.45, 7) is 5.47. The average Bonchev–Trinajstić information content (AvgIpc) is 3.25. The molecule has 0 amide bonds. The normalized spacial score (nSPS) is 18.0. The lowest BCUT2D eigenvalue weighted by atomic mass is 10.1. The van der Waals surface area contributed by atoms with Gasteiger partial charge in [-0.2, -0.15) is 13.2 Å². The highest BCUT2D eigenvalue weighted by Crippen LogP contribution is 2.35. The van der Waals surface area contributed by atoms with Gasteiger partial charge in [-0.15, -0.1) is 0 Å². The van der Waals surface area contributed by atoms with Crippen LogP contribution in [-0.2, 0) is 24.4 Å². The Labute approximate surface area is 211 Å². The Kier molecular flexibility index (Phi) is 7.56. The highest BCUT2D eigenvalue weighted by Gasteiger charge is 2.35. The van der Waals surface area contributed by atoms with Gasteiger partial charge < -0.3 is 15.0 Å². The van der Waals surface area contributed by atoms with Crippen LogP contribution in [0.3, 0.4) is 0 Å². The molecule has 1 N–H and O–H groups in total. The fourth-order valence-electron chi connectivity index (χ4n) is 4.37. The van der Waals surface area contributed by atoms with Gasteiger partial charge in [0, 0.05) is 38.5 Å². The number of aromatic nitrogens is 3. The first kappa shape index (κ1) is 26.0. The highest BCUT2D eigenvalue weighted by atomic mass is 35.5. The SMILES string of the molecule is CCO[C@H]1CN(c2ccccn2)C[C@H]1Nc1c(CC)nc(-c2ccc(C(F)(F)F)cc2Cl)n(C)c1=O. The lowest BCUT2D eigenvalue weighted by Crippen LogP contribution is -2.38. The second kappa shape index (κ2) is 10.5. The quantitative estimate of drug-likeness (QED) is 0.482. The zero-order valence-electron chi connectivity index (χ0n) is 20.1. The van der Waals surface area contributed by atoms with Crippen LogP contribution in [0.5, 0.6) is 0 Å². The molecule has 3 heterocycles. The molecule has 36 heavy (non-hydrogen) atoms. The number of benzene rings is 1. The lowest BCUT2D eigenvalue weighted by molar-refractivity contribution is -0.137. The monoisotopic (exact) mass is 521 g/mol. The van der Waals surface area contributed by atoms with Crippen molar-refractivity contribution in [3.05, 3.63) is 69.2 Å². The van der Waals surface area contributed by atoms with E-state index in [0.29, 0.717) is 37.5 Å². The Morgan fingerprint density at radius 1 is 1.19 bits per heavy atom. The van der Waals surface area contributed by atoms with Crippen molar-refractivity contribution in [2.45, 2.75) is 38.6 Å². The fourth-order valence-corrected chi connectivity index (χ4v) is 4.63. The summed E-state index contributed by atoms with van der Waals surface area (Å²) in [5.74, 6) is 1.02. The summed E-state index contributed by atoms with van der Waals surface area (Å²) in [6, 6.07) is 8.51. The summed E-state index contributed by atoms with van der Waals surface area (Å²) in [7, 11) is 1.53. The number of alkyl halides is 3. The molecule has 1 fully saturated rings. The number of ether oxygens (including phenoxy) is 1. The van der Waals surface area contributed by atoms with Crippen molar-refractivity contribution in [3.8, 4) is 11.4 Å². The average molecular weight is 522 g/mol. The Balaban J connectivity index is 1.68. The number of hydrogen-bond acceptors (Lipinski definition) is 6. The Morgan fingerprint density at radius 3 is 2.58 bits per heavy atom.